The second-order valence-electron chi connectivity index (χ2n) is 29.4. The summed E-state index contributed by atoms with van der Waals surface area (Å²) >= 11 is 0. The molecule has 10 aliphatic rings. The van der Waals surface area contributed by atoms with Crippen LogP contribution in [0, 0.1) is 50.2 Å². The number of amides is 2. The van der Waals surface area contributed by atoms with Gasteiger partial charge in [0.15, 0.2) is 0 Å². The van der Waals surface area contributed by atoms with Gasteiger partial charge in [-0.05, 0) is 178 Å². The summed E-state index contributed by atoms with van der Waals surface area (Å²) in [7, 11) is 2.18. The summed E-state index contributed by atoms with van der Waals surface area (Å²) in [4.78, 5) is 50.0. The minimum atomic E-state index is -0.435. The minimum absolute atomic E-state index is 0.00146. The highest BCUT2D eigenvalue weighted by molar-refractivity contribution is 6.04. The maximum Gasteiger partial charge on any atom is 0.302 e. The van der Waals surface area contributed by atoms with Gasteiger partial charge in [0.05, 0.1) is 11.5 Å². The van der Waals surface area contributed by atoms with Gasteiger partial charge in [-0.15, -0.1) is 0 Å². The molecule has 0 unspecified atom stereocenters. The number of carbonyl (C=O) groups excluding carboxylic acids is 3. The maximum absolute atomic E-state index is 15.8. The summed E-state index contributed by atoms with van der Waals surface area (Å²) in [5.74, 6) is 3.16. The lowest BCUT2D eigenvalue weighted by atomic mass is 9.33. The van der Waals surface area contributed by atoms with E-state index in [9.17, 15) is 4.79 Å². The van der Waals surface area contributed by atoms with Crippen molar-refractivity contribution in [2.75, 3.05) is 51.2 Å². The fraction of sp³-hybridized carbons (Fsp3) is 0.589. The Hall–Kier alpha value is -5.70. The number of rotatable bonds is 7. The highest BCUT2D eigenvalue weighted by atomic mass is 16.5. The Balaban J connectivity index is 0.835. The predicted octanol–water partition coefficient (Wildman–Crippen LogP) is 14.9. The average molecular weight is 1110 g/mol. The highest BCUT2D eigenvalue weighted by Crippen LogP contribution is 2.76. The number of carbonyl (C=O) groups is 3. The SMILES string of the molecule is CC[N+](CC)=c1ccc2c(-c3ccccc3C(=O)N3CCN(C(=O)[C@]45CCC(C)(C)C[C@H]4C4=CC[C@@H]6[C@@]7(C)CC[C@H](OC(C)=O)C(C)(C)[C@@H]7CC[C@@]6(C)[C@]4(C)CC5)CC3)c3c(oc-2c1)/C(=C/C=C1/N(C)c2ccccc2C1(C)C)CCC3. The third-order valence-corrected chi connectivity index (χ3v) is 24.3. The first-order valence-corrected chi connectivity index (χ1v) is 31.9. The van der Waals surface area contributed by atoms with Crippen LogP contribution in [0.1, 0.15) is 187 Å². The van der Waals surface area contributed by atoms with Crippen molar-refractivity contribution in [2.45, 2.75) is 178 Å². The minimum Gasteiger partial charge on any atom is -0.462 e. The van der Waals surface area contributed by atoms with E-state index in [0.29, 0.717) is 49.5 Å². The Morgan fingerprint density at radius 3 is 2.20 bits per heavy atom. The largest absolute Gasteiger partial charge is 0.462 e. The van der Waals surface area contributed by atoms with Crippen LogP contribution in [0.2, 0.25) is 0 Å². The standard InChI is InChI=1S/C73H95N4O5/c1-14-75(15-2)49-28-29-52-58(45-49)82-64-48(27-32-61-68(6,7)55-25-18-19-26-57(55)74(61)13)21-20-24-53(64)63(52)50-22-16-17-23-51(50)65(79)76-41-43-77(44-42-76)66(80)73-39-37-67(4,5)46-56(73)54-30-31-60-70(10)35-34-62(81-47(3)78)69(8,9)59(70)33-36-72(60,12)71(54,11)38-40-73/h16-19,22-23,25-30,32,45,56,59-60,62H,14-15,20-21,24,31,33-44,46H2,1-13H3/q+1/t56-,59-,60+,62-,70-,71+,72+,73-/m0/s1. The zero-order valence-corrected chi connectivity index (χ0v) is 52.2. The molecule has 0 bridgehead atoms. The molecule has 2 amide bonds. The van der Waals surface area contributed by atoms with E-state index in [1.54, 1.807) is 12.5 Å². The molecule has 0 N–H and O–H groups in total. The summed E-state index contributed by atoms with van der Waals surface area (Å²) in [6.07, 6.45) is 20.3. The van der Waals surface area contributed by atoms with E-state index in [2.05, 4.69) is 170 Å². The number of para-hydroxylation sites is 1. The van der Waals surface area contributed by atoms with E-state index in [0.717, 1.165) is 136 Å². The summed E-state index contributed by atoms with van der Waals surface area (Å²) in [6.45, 7) is 31.9. The molecule has 0 spiro atoms. The molecule has 0 radical (unpaired) electrons. The van der Waals surface area contributed by atoms with Crippen molar-refractivity contribution in [1.29, 1.82) is 0 Å². The van der Waals surface area contributed by atoms with Crippen LogP contribution in [0.25, 0.3) is 28.0 Å². The molecule has 3 heterocycles. The van der Waals surface area contributed by atoms with Crippen molar-refractivity contribution in [3.05, 3.63) is 124 Å². The van der Waals surface area contributed by atoms with E-state index in [1.165, 1.54) is 22.5 Å². The van der Waals surface area contributed by atoms with Crippen LogP contribution in [0.15, 0.2) is 101 Å². The van der Waals surface area contributed by atoms with Crippen molar-refractivity contribution in [1.82, 2.24) is 14.4 Å². The van der Waals surface area contributed by atoms with Gasteiger partial charge >= 0.3 is 5.97 Å². The third kappa shape index (κ3) is 8.61. The Labute approximate surface area is 490 Å². The Kier molecular flexibility index (Phi) is 14.0. The van der Waals surface area contributed by atoms with Gasteiger partial charge in [-0.2, -0.15) is 0 Å². The fourth-order valence-corrected chi connectivity index (χ4v) is 19.5. The molecule has 0 aromatic heterocycles. The topological polar surface area (TPSA) is 86.3 Å². The summed E-state index contributed by atoms with van der Waals surface area (Å²) in [5.41, 5.74) is 11.2. The molecule has 7 aliphatic carbocycles. The van der Waals surface area contributed by atoms with E-state index in [-0.39, 0.29) is 56.4 Å². The molecule has 2 aromatic rings. The van der Waals surface area contributed by atoms with Gasteiger partial charge in [0.25, 0.3) is 5.91 Å². The van der Waals surface area contributed by atoms with Crippen molar-refractivity contribution >= 4 is 29.0 Å². The number of fused-ring (bicyclic) bond motifs is 10. The molecule has 12 rings (SSSR count). The van der Waals surface area contributed by atoms with Crippen molar-refractivity contribution in [3.8, 4) is 22.5 Å². The molecule has 2 aromatic carbocycles. The first-order chi connectivity index (χ1) is 38.9. The predicted molar refractivity (Wildman–Crippen MR) is 331 cm³/mol. The zero-order chi connectivity index (χ0) is 58.1. The quantitative estimate of drug-likeness (QED) is 0.104. The average Bonchev–Trinajstić information content (AvgIpc) is 1.01. The fourth-order valence-electron chi connectivity index (χ4n) is 19.5. The van der Waals surface area contributed by atoms with Crippen LogP contribution in [-0.2, 0) is 26.2 Å². The van der Waals surface area contributed by atoms with Gasteiger partial charge in [-0.3, -0.25) is 14.4 Å². The van der Waals surface area contributed by atoms with E-state index in [1.807, 2.05) is 17.0 Å². The van der Waals surface area contributed by atoms with Crippen LogP contribution in [0.5, 0.6) is 0 Å². The molecule has 4 saturated carbocycles. The van der Waals surface area contributed by atoms with Crippen LogP contribution < -0.4 is 14.8 Å². The molecule has 5 fully saturated rings. The molecule has 8 atom stereocenters. The van der Waals surface area contributed by atoms with E-state index < -0.39 is 5.41 Å². The van der Waals surface area contributed by atoms with Gasteiger partial charge in [0.2, 0.25) is 11.3 Å². The van der Waals surface area contributed by atoms with Crippen molar-refractivity contribution in [3.63, 3.8) is 0 Å². The van der Waals surface area contributed by atoms with Crippen LogP contribution >= 0.6 is 0 Å². The molecular formula is C73H95N4O5+. The highest BCUT2D eigenvalue weighted by Gasteiger charge is 2.70. The van der Waals surface area contributed by atoms with Gasteiger partial charge in [0.1, 0.15) is 30.7 Å². The Bertz CT molecular complexity index is 3370. The molecule has 1 saturated heterocycles. The normalized spacial score (nSPS) is 32.4. The van der Waals surface area contributed by atoms with E-state index in [4.69, 9.17) is 9.15 Å². The van der Waals surface area contributed by atoms with Crippen LogP contribution in [0.4, 0.5) is 5.69 Å². The van der Waals surface area contributed by atoms with Gasteiger partial charge in [-0.25, -0.2) is 4.58 Å². The number of benzene rings is 3. The first-order valence-electron chi connectivity index (χ1n) is 31.9. The Morgan fingerprint density at radius 1 is 0.756 bits per heavy atom. The lowest BCUT2D eigenvalue weighted by molar-refractivity contribution is -0.212. The molecule has 82 heavy (non-hydrogen) atoms. The van der Waals surface area contributed by atoms with Crippen molar-refractivity contribution < 1.29 is 23.5 Å². The summed E-state index contributed by atoms with van der Waals surface area (Å²) in [6, 6.07) is 23.7. The maximum atomic E-state index is 15.8. The van der Waals surface area contributed by atoms with Gasteiger partial charge in [-0.1, -0.05) is 116 Å². The zero-order valence-electron chi connectivity index (χ0n) is 52.2. The Morgan fingerprint density at radius 2 is 1.46 bits per heavy atom. The van der Waals surface area contributed by atoms with Crippen LogP contribution in [0.3, 0.4) is 0 Å². The lowest BCUT2D eigenvalue weighted by Crippen LogP contribution is -2.66. The summed E-state index contributed by atoms with van der Waals surface area (Å²) in [5, 5.41) is 1.13. The van der Waals surface area contributed by atoms with Gasteiger partial charge in [0, 0.05) is 90.7 Å². The van der Waals surface area contributed by atoms with Crippen molar-refractivity contribution in [2.24, 2.45) is 50.2 Å². The molecule has 9 heteroatoms. The number of allylic oxidation sites excluding steroid dienone is 6. The number of hydrogen-bond acceptors (Lipinski definition) is 6. The van der Waals surface area contributed by atoms with Crippen LogP contribution in [-0.4, -0.2) is 80.0 Å². The third-order valence-electron chi connectivity index (χ3n) is 24.3. The van der Waals surface area contributed by atoms with E-state index >= 15 is 9.59 Å². The first kappa shape index (κ1) is 56.8. The molecule has 9 nitrogen and oxygen atoms in total. The molecule has 436 valence electrons. The van der Waals surface area contributed by atoms with Gasteiger partial charge < -0.3 is 23.9 Å². The molecular weight excluding hydrogens is 1010 g/mol. The second kappa shape index (κ2) is 20.2. The number of likely N-dealkylation sites (N-methyl/N-ethyl adjacent to an activating group) is 1. The second-order valence-corrected chi connectivity index (χ2v) is 29.4. The number of hydrogen-bond donors (Lipinski definition) is 0. The lowest BCUT2D eigenvalue weighted by Gasteiger charge is -2.71. The monoisotopic (exact) mass is 1110 g/mol. The smallest absolute Gasteiger partial charge is 0.302 e. The number of ether oxygens (including phenoxy) is 1. The summed E-state index contributed by atoms with van der Waals surface area (Å²) < 4.78 is 15.6. The number of anilines is 1. The number of piperazine rings is 1. The number of nitrogens with zero attached hydrogens (tertiary/aromatic N) is 4. The number of esters is 1. The molecule has 3 aliphatic heterocycles.